The summed E-state index contributed by atoms with van der Waals surface area (Å²) >= 11 is 0. The van der Waals surface area contributed by atoms with Crippen LogP contribution in [-0.4, -0.2) is 40.9 Å². The number of amides is 2. The highest BCUT2D eigenvalue weighted by molar-refractivity contribution is 6.01. The summed E-state index contributed by atoms with van der Waals surface area (Å²) in [5.41, 5.74) is 0.565. The molecule has 2 amide bonds. The number of aryl methyl sites for hydroxylation is 1. The van der Waals surface area contributed by atoms with Gasteiger partial charge in [-0.15, -0.1) is 0 Å². The molecule has 2 rings (SSSR count). The molecule has 20 heavy (non-hydrogen) atoms. The van der Waals surface area contributed by atoms with E-state index >= 15 is 0 Å². The number of piperidine rings is 1. The van der Waals surface area contributed by atoms with Crippen molar-refractivity contribution in [3.8, 4) is 0 Å². The second-order valence-corrected chi connectivity index (χ2v) is 4.36. The Hall–Kier alpha value is -2.51. The van der Waals surface area contributed by atoms with Gasteiger partial charge in [0.25, 0.3) is 0 Å². The van der Waals surface area contributed by atoms with E-state index in [4.69, 9.17) is 0 Å². The number of imide groups is 1. The van der Waals surface area contributed by atoms with Gasteiger partial charge in [-0.25, -0.2) is 14.8 Å². The quantitative estimate of drug-likeness (QED) is 0.581. The Labute approximate surface area is 114 Å². The first-order valence-electron chi connectivity index (χ1n) is 6.04. The zero-order valence-corrected chi connectivity index (χ0v) is 11.1. The summed E-state index contributed by atoms with van der Waals surface area (Å²) in [7, 11) is 1.24. The largest absolute Gasteiger partial charge is 0.463 e. The summed E-state index contributed by atoms with van der Waals surface area (Å²) in [5.74, 6) is -1.09. The van der Waals surface area contributed by atoms with Crippen LogP contribution in [-0.2, 0) is 14.3 Å². The van der Waals surface area contributed by atoms with Crippen molar-refractivity contribution in [3.63, 3.8) is 0 Å². The number of nitrogens with zero attached hydrogens (tertiary/aromatic N) is 2. The van der Waals surface area contributed by atoms with Crippen LogP contribution >= 0.6 is 0 Å². The standard InChI is InChI=1S/C12H14N4O4/c1-6-5-8(15-10(13-6)12(19)20-2)14-7-3-4-9(17)16-11(7)18/h5,7H,3-4H2,1-2H3,(H,13,14,15)(H,16,17,18). The van der Waals surface area contributed by atoms with Crippen molar-refractivity contribution in [1.29, 1.82) is 0 Å². The molecule has 0 radical (unpaired) electrons. The molecule has 0 aromatic carbocycles. The lowest BCUT2D eigenvalue weighted by atomic mass is 10.1. The highest BCUT2D eigenvalue weighted by Crippen LogP contribution is 2.13. The van der Waals surface area contributed by atoms with Crippen LogP contribution in [0.1, 0.15) is 29.2 Å². The van der Waals surface area contributed by atoms with E-state index in [1.54, 1.807) is 13.0 Å². The summed E-state index contributed by atoms with van der Waals surface area (Å²) < 4.78 is 4.56. The molecular formula is C12H14N4O4. The first-order valence-corrected chi connectivity index (χ1v) is 6.04. The molecule has 0 spiro atoms. The van der Waals surface area contributed by atoms with Gasteiger partial charge in [-0.2, -0.15) is 0 Å². The molecule has 1 fully saturated rings. The van der Waals surface area contributed by atoms with Crippen LogP contribution in [0.2, 0.25) is 0 Å². The number of ether oxygens (including phenoxy) is 1. The smallest absolute Gasteiger partial charge is 0.376 e. The van der Waals surface area contributed by atoms with Gasteiger partial charge in [-0.3, -0.25) is 14.9 Å². The number of anilines is 1. The fraction of sp³-hybridized carbons (Fsp3) is 0.417. The third-order valence-corrected chi connectivity index (χ3v) is 2.78. The molecule has 8 heteroatoms. The van der Waals surface area contributed by atoms with Crippen LogP contribution in [0.3, 0.4) is 0 Å². The minimum absolute atomic E-state index is 0.0812. The number of rotatable bonds is 3. The number of carbonyl (C=O) groups excluding carboxylic acids is 3. The highest BCUT2D eigenvalue weighted by atomic mass is 16.5. The van der Waals surface area contributed by atoms with E-state index in [9.17, 15) is 14.4 Å². The molecule has 2 N–H and O–H groups in total. The molecule has 8 nitrogen and oxygen atoms in total. The van der Waals surface area contributed by atoms with Gasteiger partial charge in [-0.05, 0) is 13.3 Å². The van der Waals surface area contributed by atoms with E-state index in [0.717, 1.165) is 0 Å². The maximum absolute atomic E-state index is 11.6. The zero-order valence-electron chi connectivity index (χ0n) is 11.1. The Kier molecular flexibility index (Phi) is 3.92. The molecule has 1 aliphatic rings. The van der Waals surface area contributed by atoms with Crippen molar-refractivity contribution < 1.29 is 19.1 Å². The summed E-state index contributed by atoms with van der Waals surface area (Å²) in [4.78, 5) is 42.1. The second-order valence-electron chi connectivity index (χ2n) is 4.36. The highest BCUT2D eigenvalue weighted by Gasteiger charge is 2.27. The normalized spacial score (nSPS) is 18.4. The van der Waals surface area contributed by atoms with E-state index in [1.807, 2.05) is 0 Å². The fourth-order valence-corrected chi connectivity index (χ4v) is 1.83. The third-order valence-electron chi connectivity index (χ3n) is 2.78. The van der Waals surface area contributed by atoms with Gasteiger partial charge in [0, 0.05) is 18.2 Å². The van der Waals surface area contributed by atoms with Gasteiger partial charge in [0.15, 0.2) is 0 Å². The number of hydrogen-bond donors (Lipinski definition) is 2. The number of carbonyl (C=O) groups is 3. The van der Waals surface area contributed by atoms with Gasteiger partial charge in [0.05, 0.1) is 7.11 Å². The van der Waals surface area contributed by atoms with Crippen molar-refractivity contribution in [2.75, 3.05) is 12.4 Å². The third kappa shape index (κ3) is 3.08. The Morgan fingerprint density at radius 3 is 2.85 bits per heavy atom. The predicted molar refractivity (Wildman–Crippen MR) is 67.9 cm³/mol. The molecule has 1 saturated heterocycles. The van der Waals surface area contributed by atoms with Gasteiger partial charge in [0.2, 0.25) is 17.6 Å². The van der Waals surface area contributed by atoms with Crippen LogP contribution in [0.5, 0.6) is 0 Å². The lowest BCUT2D eigenvalue weighted by Crippen LogP contribution is -2.47. The van der Waals surface area contributed by atoms with E-state index < -0.39 is 17.9 Å². The number of aromatic nitrogens is 2. The Morgan fingerprint density at radius 2 is 2.20 bits per heavy atom. The number of hydrogen-bond acceptors (Lipinski definition) is 7. The van der Waals surface area contributed by atoms with Crippen LogP contribution in [0.4, 0.5) is 5.82 Å². The van der Waals surface area contributed by atoms with Gasteiger partial charge in [-0.1, -0.05) is 0 Å². The van der Waals surface area contributed by atoms with Gasteiger partial charge < -0.3 is 10.1 Å². The molecule has 1 aromatic rings. The topological polar surface area (TPSA) is 110 Å². The first-order chi connectivity index (χ1) is 9.49. The van der Waals surface area contributed by atoms with Crippen molar-refractivity contribution in [2.24, 2.45) is 0 Å². The SMILES string of the molecule is COC(=O)c1nc(C)cc(NC2CCC(=O)NC2=O)n1. The van der Waals surface area contributed by atoms with Crippen molar-refractivity contribution in [1.82, 2.24) is 15.3 Å². The van der Waals surface area contributed by atoms with Crippen LogP contribution in [0.15, 0.2) is 6.07 Å². The van der Waals surface area contributed by atoms with E-state index in [0.29, 0.717) is 17.9 Å². The number of methoxy groups -OCH3 is 1. The molecule has 1 aliphatic heterocycles. The minimum Gasteiger partial charge on any atom is -0.463 e. The molecule has 1 unspecified atom stereocenters. The Morgan fingerprint density at radius 1 is 1.45 bits per heavy atom. The molecule has 0 aliphatic carbocycles. The molecule has 1 atom stereocenters. The Balaban J connectivity index is 2.17. The molecule has 106 valence electrons. The number of nitrogens with one attached hydrogen (secondary N) is 2. The molecule has 0 bridgehead atoms. The van der Waals surface area contributed by atoms with Crippen LogP contribution in [0.25, 0.3) is 0 Å². The van der Waals surface area contributed by atoms with Crippen LogP contribution < -0.4 is 10.6 Å². The van der Waals surface area contributed by atoms with Crippen molar-refractivity contribution >= 4 is 23.6 Å². The zero-order chi connectivity index (χ0) is 14.7. The summed E-state index contributed by atoms with van der Waals surface area (Å²) in [6.07, 6.45) is 0.638. The lowest BCUT2D eigenvalue weighted by Gasteiger charge is -2.22. The van der Waals surface area contributed by atoms with Gasteiger partial charge in [0.1, 0.15) is 11.9 Å². The summed E-state index contributed by atoms with van der Waals surface area (Å²) in [5, 5.41) is 5.13. The Bertz CT molecular complexity index is 573. The minimum atomic E-state index is -0.653. The fourth-order valence-electron chi connectivity index (χ4n) is 1.83. The molecule has 1 aromatic heterocycles. The predicted octanol–water partition coefficient (Wildman–Crippen LogP) is -0.211. The lowest BCUT2D eigenvalue weighted by molar-refractivity contribution is -0.133. The monoisotopic (exact) mass is 278 g/mol. The average Bonchev–Trinajstić information content (AvgIpc) is 2.40. The van der Waals surface area contributed by atoms with E-state index in [-0.39, 0.29) is 18.2 Å². The maximum atomic E-state index is 11.6. The second kappa shape index (κ2) is 5.64. The summed E-state index contributed by atoms with van der Waals surface area (Å²) in [6, 6.07) is 1.04. The average molecular weight is 278 g/mol. The summed E-state index contributed by atoms with van der Waals surface area (Å²) in [6.45, 7) is 1.70. The van der Waals surface area contributed by atoms with E-state index in [1.165, 1.54) is 7.11 Å². The van der Waals surface area contributed by atoms with Crippen molar-refractivity contribution in [2.45, 2.75) is 25.8 Å². The molecular weight excluding hydrogens is 264 g/mol. The van der Waals surface area contributed by atoms with E-state index in [2.05, 4.69) is 25.3 Å². The van der Waals surface area contributed by atoms with Crippen molar-refractivity contribution in [3.05, 3.63) is 17.6 Å². The number of esters is 1. The van der Waals surface area contributed by atoms with Crippen LogP contribution in [0, 0.1) is 6.92 Å². The molecule has 2 heterocycles. The maximum Gasteiger partial charge on any atom is 0.376 e. The van der Waals surface area contributed by atoms with Gasteiger partial charge >= 0.3 is 5.97 Å². The first kappa shape index (κ1) is 13.9. The molecule has 0 saturated carbocycles.